The SMILES string of the molecule is C=C(CNC(=O)OC(C)(C)C)COc1ccc(S(=O)(=O)N2CCC(C)(C(=O)O)CC2)cn1. The molecule has 0 spiro atoms. The third kappa shape index (κ3) is 6.92. The number of nitrogens with zero attached hydrogens (tertiary/aromatic N) is 2. The van der Waals surface area contributed by atoms with Gasteiger partial charge in [0.05, 0.1) is 11.6 Å². The van der Waals surface area contributed by atoms with Gasteiger partial charge in [-0.15, -0.1) is 0 Å². The van der Waals surface area contributed by atoms with Gasteiger partial charge in [-0.25, -0.2) is 18.2 Å². The molecule has 0 aromatic carbocycles. The van der Waals surface area contributed by atoms with Gasteiger partial charge in [0.15, 0.2) is 0 Å². The van der Waals surface area contributed by atoms with Crippen molar-refractivity contribution in [3.05, 3.63) is 30.5 Å². The number of aliphatic carboxylic acids is 1. The van der Waals surface area contributed by atoms with Crippen LogP contribution in [0.2, 0.25) is 0 Å². The molecule has 2 heterocycles. The summed E-state index contributed by atoms with van der Waals surface area (Å²) in [6.07, 6.45) is 1.13. The second kappa shape index (κ2) is 9.86. The molecule has 2 N–H and O–H groups in total. The fourth-order valence-electron chi connectivity index (χ4n) is 2.93. The average Bonchev–Trinajstić information content (AvgIpc) is 2.70. The number of carbonyl (C=O) groups is 2. The number of carboxylic acid groups (broad SMARTS) is 1. The van der Waals surface area contributed by atoms with Crippen molar-refractivity contribution in [2.75, 3.05) is 26.2 Å². The molecule has 1 aliphatic rings. The first kappa shape index (κ1) is 25.6. The first-order valence-electron chi connectivity index (χ1n) is 10.2. The predicted octanol–water partition coefficient (Wildman–Crippen LogP) is 2.42. The molecule has 10 nitrogen and oxygen atoms in total. The Hall–Kier alpha value is -2.66. The number of amides is 1. The predicted molar refractivity (Wildman–Crippen MR) is 117 cm³/mol. The van der Waals surface area contributed by atoms with Crippen molar-refractivity contribution in [2.45, 2.75) is 51.0 Å². The zero-order valence-corrected chi connectivity index (χ0v) is 19.7. The maximum absolute atomic E-state index is 12.8. The van der Waals surface area contributed by atoms with Crippen molar-refractivity contribution >= 4 is 22.1 Å². The highest BCUT2D eigenvalue weighted by Crippen LogP contribution is 2.33. The van der Waals surface area contributed by atoms with Crippen LogP contribution in [0.5, 0.6) is 5.88 Å². The number of alkyl carbamates (subject to hydrolysis) is 1. The van der Waals surface area contributed by atoms with E-state index in [9.17, 15) is 23.1 Å². The Morgan fingerprint density at radius 2 is 1.91 bits per heavy atom. The number of carboxylic acids is 1. The van der Waals surface area contributed by atoms with Gasteiger partial charge < -0.3 is 19.9 Å². The number of hydrogen-bond acceptors (Lipinski definition) is 7. The van der Waals surface area contributed by atoms with Crippen LogP contribution < -0.4 is 10.1 Å². The minimum atomic E-state index is -3.78. The van der Waals surface area contributed by atoms with Gasteiger partial charge in [-0.2, -0.15) is 4.31 Å². The molecule has 1 aliphatic heterocycles. The summed E-state index contributed by atoms with van der Waals surface area (Å²) >= 11 is 0. The maximum atomic E-state index is 12.8. The van der Waals surface area contributed by atoms with E-state index >= 15 is 0 Å². The smallest absolute Gasteiger partial charge is 0.407 e. The van der Waals surface area contributed by atoms with Gasteiger partial charge in [0.2, 0.25) is 15.9 Å². The van der Waals surface area contributed by atoms with E-state index in [-0.39, 0.29) is 49.9 Å². The first-order chi connectivity index (χ1) is 14.7. The monoisotopic (exact) mass is 469 g/mol. The molecule has 1 aromatic rings. The normalized spacial score (nSPS) is 16.8. The summed E-state index contributed by atoms with van der Waals surface area (Å²) in [7, 11) is -3.78. The lowest BCUT2D eigenvalue weighted by Gasteiger charge is -2.35. The minimum absolute atomic E-state index is 0.00852. The van der Waals surface area contributed by atoms with Crippen LogP contribution >= 0.6 is 0 Å². The van der Waals surface area contributed by atoms with Crippen LogP contribution in [0.15, 0.2) is 35.4 Å². The van der Waals surface area contributed by atoms with Crippen LogP contribution in [-0.4, -0.2) is 66.7 Å². The maximum Gasteiger partial charge on any atom is 0.407 e. The van der Waals surface area contributed by atoms with Gasteiger partial charge in [-0.1, -0.05) is 6.58 Å². The van der Waals surface area contributed by atoms with Gasteiger partial charge in [-0.3, -0.25) is 4.79 Å². The van der Waals surface area contributed by atoms with Crippen molar-refractivity contribution in [2.24, 2.45) is 5.41 Å². The van der Waals surface area contributed by atoms with Crippen LogP contribution in [-0.2, 0) is 19.6 Å². The van der Waals surface area contributed by atoms with Crippen LogP contribution in [0.1, 0.15) is 40.5 Å². The van der Waals surface area contributed by atoms with E-state index in [2.05, 4.69) is 16.9 Å². The second-order valence-electron chi connectivity index (χ2n) is 9.00. The standard InChI is InChI=1S/C21H31N3O7S/c1-15(12-23-19(27)31-20(2,3)4)14-30-17-7-6-16(13-22-17)32(28,29)24-10-8-21(5,9-11-24)18(25)26/h6-7,13H,1,8-12,14H2,2-5H3,(H,23,27)(H,25,26). The molecule has 2 rings (SSSR count). The molecule has 1 amide bonds. The van der Waals surface area contributed by atoms with E-state index in [0.29, 0.717) is 5.57 Å². The summed E-state index contributed by atoms with van der Waals surface area (Å²) < 4.78 is 37.6. The number of nitrogens with one attached hydrogen (secondary N) is 1. The number of sulfonamides is 1. The molecule has 1 fully saturated rings. The molecule has 32 heavy (non-hydrogen) atoms. The Kier molecular flexibility index (Phi) is 7.89. The van der Waals surface area contributed by atoms with E-state index in [1.165, 1.54) is 22.6 Å². The number of piperidine rings is 1. The summed E-state index contributed by atoms with van der Waals surface area (Å²) in [6, 6.07) is 2.83. The molecule has 11 heteroatoms. The molecule has 0 bridgehead atoms. The first-order valence-corrected chi connectivity index (χ1v) is 11.6. The molecule has 1 saturated heterocycles. The Bertz CT molecular complexity index is 945. The van der Waals surface area contributed by atoms with E-state index in [1.54, 1.807) is 27.7 Å². The minimum Gasteiger partial charge on any atom is -0.481 e. The van der Waals surface area contributed by atoms with Gasteiger partial charge >= 0.3 is 12.1 Å². The van der Waals surface area contributed by atoms with Crippen LogP contribution in [0.4, 0.5) is 4.79 Å². The average molecular weight is 470 g/mol. The molecule has 0 saturated carbocycles. The molecule has 0 radical (unpaired) electrons. The Morgan fingerprint density at radius 3 is 2.41 bits per heavy atom. The number of ether oxygens (including phenoxy) is 2. The highest BCUT2D eigenvalue weighted by Gasteiger charge is 2.40. The summed E-state index contributed by atoms with van der Waals surface area (Å²) in [6.45, 7) is 11.2. The van der Waals surface area contributed by atoms with Gasteiger partial charge in [0.25, 0.3) is 0 Å². The molecular weight excluding hydrogens is 438 g/mol. The summed E-state index contributed by atoms with van der Waals surface area (Å²) in [5.74, 6) is -0.708. The number of carbonyl (C=O) groups excluding carboxylic acids is 1. The molecule has 1 aromatic heterocycles. The Balaban J connectivity index is 1.87. The second-order valence-corrected chi connectivity index (χ2v) is 10.9. The van der Waals surface area contributed by atoms with Crippen molar-refractivity contribution in [1.29, 1.82) is 0 Å². The van der Waals surface area contributed by atoms with E-state index < -0.39 is 33.1 Å². The van der Waals surface area contributed by atoms with Gasteiger partial charge in [-0.05, 0) is 52.2 Å². The lowest BCUT2D eigenvalue weighted by atomic mass is 9.81. The highest BCUT2D eigenvalue weighted by molar-refractivity contribution is 7.89. The van der Waals surface area contributed by atoms with Crippen molar-refractivity contribution in [1.82, 2.24) is 14.6 Å². The van der Waals surface area contributed by atoms with E-state index in [0.717, 1.165) is 0 Å². The molecule has 0 unspecified atom stereocenters. The number of hydrogen-bond donors (Lipinski definition) is 2. The van der Waals surface area contributed by atoms with Crippen molar-refractivity contribution < 1.29 is 32.6 Å². The van der Waals surface area contributed by atoms with Gasteiger partial charge in [0.1, 0.15) is 17.1 Å². The summed E-state index contributed by atoms with van der Waals surface area (Å²) in [5, 5.41) is 11.9. The zero-order chi connectivity index (χ0) is 24.2. The van der Waals surface area contributed by atoms with Gasteiger partial charge in [0, 0.05) is 25.7 Å². The molecule has 0 atom stereocenters. The van der Waals surface area contributed by atoms with Crippen LogP contribution in [0.25, 0.3) is 0 Å². The van der Waals surface area contributed by atoms with Crippen molar-refractivity contribution in [3.63, 3.8) is 0 Å². The number of aromatic nitrogens is 1. The number of pyridine rings is 1. The molecular formula is C21H31N3O7S. The van der Waals surface area contributed by atoms with Crippen molar-refractivity contribution in [3.8, 4) is 5.88 Å². The summed E-state index contributed by atoms with van der Waals surface area (Å²) in [4.78, 5) is 27.0. The Labute approximate surface area is 188 Å². The largest absolute Gasteiger partial charge is 0.481 e. The lowest BCUT2D eigenvalue weighted by molar-refractivity contribution is -0.150. The van der Waals surface area contributed by atoms with Crippen LogP contribution in [0, 0.1) is 5.41 Å². The third-order valence-corrected chi connectivity index (χ3v) is 6.88. The summed E-state index contributed by atoms with van der Waals surface area (Å²) in [5.41, 5.74) is -0.940. The number of rotatable bonds is 8. The van der Waals surface area contributed by atoms with E-state index in [4.69, 9.17) is 9.47 Å². The quantitative estimate of drug-likeness (QED) is 0.554. The topological polar surface area (TPSA) is 135 Å². The third-order valence-electron chi connectivity index (χ3n) is 5.00. The molecule has 178 valence electrons. The lowest BCUT2D eigenvalue weighted by Crippen LogP contribution is -2.45. The van der Waals surface area contributed by atoms with E-state index in [1.807, 2.05) is 0 Å². The molecule has 0 aliphatic carbocycles. The Morgan fingerprint density at radius 1 is 1.28 bits per heavy atom. The van der Waals surface area contributed by atoms with Crippen LogP contribution in [0.3, 0.4) is 0 Å². The zero-order valence-electron chi connectivity index (χ0n) is 18.9. The fourth-order valence-corrected chi connectivity index (χ4v) is 4.31. The highest BCUT2D eigenvalue weighted by atomic mass is 32.2. The fraction of sp³-hybridized carbons (Fsp3) is 0.571.